The SMILES string of the molecule is C=CCN(CCO)C(=O)C1CCN(C(=O)N(C)C)CC1. The van der Waals surface area contributed by atoms with Gasteiger partial charge in [-0.2, -0.15) is 0 Å². The van der Waals surface area contributed by atoms with Crippen LogP contribution in [-0.2, 0) is 4.79 Å². The number of likely N-dealkylation sites (tertiary alicyclic amines) is 1. The zero-order chi connectivity index (χ0) is 15.1. The molecule has 3 amide bonds. The van der Waals surface area contributed by atoms with Gasteiger partial charge in [-0.05, 0) is 12.8 Å². The van der Waals surface area contributed by atoms with Crippen LogP contribution in [0.4, 0.5) is 4.79 Å². The van der Waals surface area contributed by atoms with E-state index in [1.807, 2.05) is 0 Å². The molecule has 1 N–H and O–H groups in total. The molecule has 0 unspecified atom stereocenters. The number of urea groups is 1. The van der Waals surface area contributed by atoms with Crippen LogP contribution >= 0.6 is 0 Å². The molecule has 1 saturated heterocycles. The number of carbonyl (C=O) groups is 2. The first-order valence-electron chi connectivity index (χ1n) is 6.98. The molecule has 0 aromatic heterocycles. The normalized spacial score (nSPS) is 15.8. The lowest BCUT2D eigenvalue weighted by atomic mass is 9.95. The molecule has 1 aliphatic heterocycles. The van der Waals surface area contributed by atoms with Crippen molar-refractivity contribution in [3.63, 3.8) is 0 Å². The molecule has 1 aliphatic rings. The maximum atomic E-state index is 12.3. The lowest BCUT2D eigenvalue weighted by Gasteiger charge is -2.35. The van der Waals surface area contributed by atoms with Crippen molar-refractivity contribution in [1.29, 1.82) is 0 Å². The van der Waals surface area contributed by atoms with Gasteiger partial charge in [-0.1, -0.05) is 6.08 Å². The monoisotopic (exact) mass is 283 g/mol. The highest BCUT2D eigenvalue weighted by Crippen LogP contribution is 2.20. The zero-order valence-corrected chi connectivity index (χ0v) is 12.4. The first-order valence-corrected chi connectivity index (χ1v) is 6.98. The second kappa shape index (κ2) is 7.89. The Morgan fingerprint density at radius 3 is 2.40 bits per heavy atom. The maximum Gasteiger partial charge on any atom is 0.319 e. The quantitative estimate of drug-likeness (QED) is 0.742. The standard InChI is InChI=1S/C14H25N3O3/c1-4-7-16(10-11-18)13(19)12-5-8-17(9-6-12)14(20)15(2)3/h4,12,18H,1,5-11H2,2-3H3. The molecule has 0 aromatic rings. The summed E-state index contributed by atoms with van der Waals surface area (Å²) in [6.45, 7) is 5.59. The van der Waals surface area contributed by atoms with Crippen molar-refractivity contribution in [2.45, 2.75) is 12.8 Å². The number of rotatable bonds is 5. The van der Waals surface area contributed by atoms with Gasteiger partial charge >= 0.3 is 6.03 Å². The van der Waals surface area contributed by atoms with E-state index in [1.54, 1.807) is 34.9 Å². The van der Waals surface area contributed by atoms with E-state index in [0.29, 0.717) is 39.0 Å². The first-order chi connectivity index (χ1) is 9.51. The molecular formula is C14H25N3O3. The first kappa shape index (κ1) is 16.5. The van der Waals surface area contributed by atoms with Crippen molar-refractivity contribution in [2.75, 3.05) is 46.9 Å². The molecule has 114 valence electrons. The second-order valence-electron chi connectivity index (χ2n) is 5.23. The number of hydrogen-bond donors (Lipinski definition) is 1. The van der Waals surface area contributed by atoms with E-state index < -0.39 is 0 Å². The molecule has 0 aliphatic carbocycles. The largest absolute Gasteiger partial charge is 0.395 e. The Hall–Kier alpha value is -1.56. The van der Waals surface area contributed by atoms with E-state index in [2.05, 4.69) is 6.58 Å². The summed E-state index contributed by atoms with van der Waals surface area (Å²) in [5.74, 6) is -0.0105. The van der Waals surface area contributed by atoms with E-state index in [1.165, 1.54) is 0 Å². The van der Waals surface area contributed by atoms with Crippen LogP contribution < -0.4 is 0 Å². The Bertz CT molecular complexity index is 350. The third-order valence-corrected chi connectivity index (χ3v) is 3.53. The average molecular weight is 283 g/mol. The minimum absolute atomic E-state index is 0.00537. The van der Waals surface area contributed by atoms with Gasteiger partial charge in [0.15, 0.2) is 0 Å². The third kappa shape index (κ3) is 4.23. The third-order valence-electron chi connectivity index (χ3n) is 3.53. The summed E-state index contributed by atoms with van der Waals surface area (Å²) in [6, 6.07) is -0.00537. The number of aliphatic hydroxyl groups is 1. The molecule has 0 aromatic carbocycles. The number of amides is 3. The van der Waals surface area contributed by atoms with Crippen LogP contribution in [0.3, 0.4) is 0 Å². The van der Waals surface area contributed by atoms with Gasteiger partial charge in [0.1, 0.15) is 0 Å². The maximum absolute atomic E-state index is 12.3. The number of aliphatic hydroxyl groups excluding tert-OH is 1. The van der Waals surface area contributed by atoms with Crippen LogP contribution in [0.25, 0.3) is 0 Å². The van der Waals surface area contributed by atoms with Gasteiger partial charge in [-0.15, -0.1) is 6.58 Å². The number of piperidine rings is 1. The van der Waals surface area contributed by atoms with Crippen LogP contribution in [0, 0.1) is 5.92 Å². The summed E-state index contributed by atoms with van der Waals surface area (Å²) in [4.78, 5) is 29.1. The Balaban J connectivity index is 2.53. The summed E-state index contributed by atoms with van der Waals surface area (Å²) in [7, 11) is 3.46. The van der Waals surface area contributed by atoms with E-state index >= 15 is 0 Å². The Morgan fingerprint density at radius 1 is 1.35 bits per heavy atom. The lowest BCUT2D eigenvalue weighted by molar-refractivity contribution is -0.136. The van der Waals surface area contributed by atoms with Crippen molar-refractivity contribution >= 4 is 11.9 Å². The highest BCUT2D eigenvalue weighted by atomic mass is 16.3. The van der Waals surface area contributed by atoms with Crippen molar-refractivity contribution in [1.82, 2.24) is 14.7 Å². The highest BCUT2D eigenvalue weighted by Gasteiger charge is 2.30. The molecule has 6 heteroatoms. The van der Waals surface area contributed by atoms with Crippen LogP contribution in [-0.4, -0.2) is 78.6 Å². The van der Waals surface area contributed by atoms with Crippen LogP contribution in [0.15, 0.2) is 12.7 Å². The molecule has 0 bridgehead atoms. The molecule has 1 fully saturated rings. The number of carbonyl (C=O) groups excluding carboxylic acids is 2. The fourth-order valence-electron chi connectivity index (χ4n) is 2.43. The lowest BCUT2D eigenvalue weighted by Crippen LogP contribution is -2.47. The fraction of sp³-hybridized carbons (Fsp3) is 0.714. The smallest absolute Gasteiger partial charge is 0.319 e. The Morgan fingerprint density at radius 2 is 1.95 bits per heavy atom. The minimum Gasteiger partial charge on any atom is -0.395 e. The highest BCUT2D eigenvalue weighted by molar-refractivity contribution is 5.80. The van der Waals surface area contributed by atoms with Crippen molar-refractivity contribution in [3.8, 4) is 0 Å². The summed E-state index contributed by atoms with van der Waals surface area (Å²) >= 11 is 0. The Labute approximate surface area is 120 Å². The topological polar surface area (TPSA) is 64.1 Å². The molecule has 6 nitrogen and oxygen atoms in total. The Kier molecular flexibility index (Phi) is 6.51. The van der Waals surface area contributed by atoms with Gasteiger partial charge in [0.05, 0.1) is 6.61 Å². The van der Waals surface area contributed by atoms with E-state index in [9.17, 15) is 9.59 Å². The number of hydrogen-bond acceptors (Lipinski definition) is 3. The summed E-state index contributed by atoms with van der Waals surface area (Å²) in [5.41, 5.74) is 0. The molecule has 0 saturated carbocycles. The van der Waals surface area contributed by atoms with Gasteiger partial charge in [-0.25, -0.2) is 4.79 Å². The minimum atomic E-state index is -0.0623. The molecular weight excluding hydrogens is 258 g/mol. The van der Waals surface area contributed by atoms with Crippen molar-refractivity contribution < 1.29 is 14.7 Å². The van der Waals surface area contributed by atoms with Gasteiger partial charge < -0.3 is 19.8 Å². The van der Waals surface area contributed by atoms with Gasteiger partial charge in [-0.3, -0.25) is 4.79 Å². The van der Waals surface area contributed by atoms with Crippen LogP contribution in [0.5, 0.6) is 0 Å². The molecule has 20 heavy (non-hydrogen) atoms. The van der Waals surface area contributed by atoms with E-state index in [-0.39, 0.29) is 24.5 Å². The summed E-state index contributed by atoms with van der Waals surface area (Å²) in [5, 5.41) is 9.00. The van der Waals surface area contributed by atoms with Crippen molar-refractivity contribution in [3.05, 3.63) is 12.7 Å². The zero-order valence-electron chi connectivity index (χ0n) is 12.4. The number of nitrogens with zero attached hydrogens (tertiary/aromatic N) is 3. The van der Waals surface area contributed by atoms with Crippen LogP contribution in [0.1, 0.15) is 12.8 Å². The van der Waals surface area contributed by atoms with Crippen LogP contribution in [0.2, 0.25) is 0 Å². The summed E-state index contributed by atoms with van der Waals surface area (Å²) < 4.78 is 0. The van der Waals surface area contributed by atoms with Crippen molar-refractivity contribution in [2.24, 2.45) is 5.92 Å². The molecule has 1 rings (SSSR count). The van der Waals surface area contributed by atoms with Gasteiger partial charge in [0.2, 0.25) is 5.91 Å². The predicted octanol–water partition coefficient (Wildman–Crippen LogP) is 0.387. The van der Waals surface area contributed by atoms with E-state index in [4.69, 9.17) is 5.11 Å². The molecule has 0 radical (unpaired) electrons. The van der Waals surface area contributed by atoms with Gasteiger partial charge in [0.25, 0.3) is 0 Å². The molecule has 0 spiro atoms. The molecule has 0 atom stereocenters. The average Bonchev–Trinajstić information content (AvgIpc) is 2.45. The predicted molar refractivity (Wildman–Crippen MR) is 77.2 cm³/mol. The fourth-order valence-corrected chi connectivity index (χ4v) is 2.43. The summed E-state index contributed by atoms with van der Waals surface area (Å²) in [6.07, 6.45) is 3.02. The second-order valence-corrected chi connectivity index (χ2v) is 5.23. The molecule has 1 heterocycles. The van der Waals surface area contributed by atoms with Gasteiger partial charge in [0, 0.05) is 46.2 Å². The van der Waals surface area contributed by atoms with E-state index in [0.717, 1.165) is 0 Å².